The second kappa shape index (κ2) is 42.5. The number of para-hydroxylation sites is 9. The largest absolute Gasteiger partial charge is 1.00 e. The molecule has 18 rings (SSSR count). The summed E-state index contributed by atoms with van der Waals surface area (Å²) in [6, 6.07) is 89.2. The van der Waals surface area contributed by atoms with Gasteiger partial charge in [0.25, 0.3) is 0 Å². The van der Waals surface area contributed by atoms with Crippen molar-refractivity contribution in [3.63, 3.8) is 0 Å². The Morgan fingerprint density at radius 1 is 0.280 bits per heavy atom. The van der Waals surface area contributed by atoms with E-state index < -0.39 is 82.9 Å². The molecule has 132 heavy (non-hydrogen) atoms. The summed E-state index contributed by atoms with van der Waals surface area (Å²) in [5.74, 6) is 0. The van der Waals surface area contributed by atoms with E-state index in [1.54, 1.807) is 96.4 Å². The Kier molecular flexibility index (Phi) is 35.1. The van der Waals surface area contributed by atoms with Gasteiger partial charge in [-0.25, -0.2) is 0 Å². The van der Waals surface area contributed by atoms with Crippen molar-refractivity contribution in [2.24, 2.45) is 0 Å². The van der Waals surface area contributed by atoms with Crippen LogP contribution in [0.5, 0.6) is 0 Å². The van der Waals surface area contributed by atoms with E-state index in [4.69, 9.17) is 11.1 Å². The van der Waals surface area contributed by atoms with Crippen LogP contribution >= 0.6 is 58.9 Å². The van der Waals surface area contributed by atoms with Crippen molar-refractivity contribution in [3.8, 4) is 0 Å². The van der Waals surface area contributed by atoms with Crippen LogP contribution in [0.15, 0.2) is 250 Å². The third-order valence-electron chi connectivity index (χ3n) is 27.5. The van der Waals surface area contributed by atoms with Crippen molar-refractivity contribution in [2.45, 2.75) is 249 Å². The predicted molar refractivity (Wildman–Crippen MR) is 619 cm³/mol. The maximum Gasteiger partial charge on any atom is 1.00 e. The standard InChI is InChI=1S/C36H51NSi3.C24H27NSi3.C24H30NSi3.C18H12Br3N.2C4H9.C2H6ClSi.2Li/c1-34(2,3)22-16-25-31-26(17-22)39(12,13)28-19-24(36(7,8)9)21-30-33(28)37(31)32-27(38(25,10)11)18-23(35(4,5)6)20-29(32)40(30,14)15;1-26(2)16-10-7-12-18-22(16)25-23-17(26)11-8-13-19(23)28(5,6)21-15-9-14-20(24(21)25)27(18,3)4;1-26(2)22-16-10-7-13-19(22)25(20-14-8-11-17-23(20)27(3)4)21-15-9-12-18-24(21)28(5)6;19-13-7-1-4-10-16(13)22(17-11-5-2-8-14(17)20)18-12-6-3-9-15(18)21;2*1-3-4-2;1-4(2)3;;/h16-21H,1-15H3;7-15H,1-6H3;7-18H,1-6H3;1-12H;2*1,3-4H2,2H3;1-2H3;;/q;;;;2*-1;;2*+1. The Morgan fingerprint density at radius 2 is 0.439 bits per heavy atom. The molecule has 682 valence electrons. The molecule has 0 saturated carbocycles. The van der Waals surface area contributed by atoms with Crippen LogP contribution in [0.4, 0.5) is 68.2 Å². The van der Waals surface area contributed by atoms with Gasteiger partial charge < -0.3 is 33.4 Å². The Morgan fingerprint density at radius 3 is 0.614 bits per heavy atom. The zero-order valence-corrected chi connectivity index (χ0v) is 102. The Balaban J connectivity index is 0.000000177. The molecule has 0 atom stereocenters. The zero-order valence-electron chi connectivity index (χ0n) is 86.1. The molecule has 0 aliphatic carbocycles. The molecular formula is C112H144Br3ClLi2N4Si10. The van der Waals surface area contributed by atoms with E-state index in [2.05, 4.69) is 475 Å². The van der Waals surface area contributed by atoms with E-state index in [9.17, 15) is 0 Å². The normalized spacial score (nSPS) is 15.2. The van der Waals surface area contributed by atoms with Gasteiger partial charge in [-0.2, -0.15) is 23.9 Å². The molecule has 6 heterocycles. The van der Waals surface area contributed by atoms with Gasteiger partial charge in [0.05, 0.1) is 43.5 Å². The molecule has 6 aliphatic heterocycles. The fourth-order valence-corrected chi connectivity index (χ4v) is 43.2. The van der Waals surface area contributed by atoms with Crippen molar-refractivity contribution in [1.82, 2.24) is 0 Å². The van der Waals surface area contributed by atoms with Crippen molar-refractivity contribution in [3.05, 3.63) is 281 Å². The molecule has 6 aliphatic rings. The first-order valence-corrected chi connectivity index (χ1v) is 78.4. The van der Waals surface area contributed by atoms with Gasteiger partial charge in [-0.15, -0.1) is 0 Å². The number of anilines is 12. The second-order valence-electron chi connectivity index (χ2n) is 43.2. The van der Waals surface area contributed by atoms with Crippen LogP contribution in [0.2, 0.25) is 131 Å². The number of halogens is 4. The van der Waals surface area contributed by atoms with Crippen LogP contribution in [-0.4, -0.2) is 82.9 Å². The van der Waals surface area contributed by atoms with E-state index in [1.807, 2.05) is 49.5 Å². The molecule has 0 unspecified atom stereocenters. The summed E-state index contributed by atoms with van der Waals surface area (Å²) in [4.78, 5) is 10.3. The van der Waals surface area contributed by atoms with Crippen LogP contribution in [0.25, 0.3) is 0 Å². The average molecular weight is 2120 g/mol. The molecule has 0 amide bonds. The molecule has 20 heteroatoms. The molecule has 0 spiro atoms. The number of hydrogen-bond acceptors (Lipinski definition) is 4. The summed E-state index contributed by atoms with van der Waals surface area (Å²) in [5, 5.41) is 24.3. The maximum atomic E-state index is 5.38. The van der Waals surface area contributed by atoms with Gasteiger partial charge in [0.15, 0.2) is 8.11 Å². The molecule has 4 radical (unpaired) electrons. The molecular weight excluding hydrogens is 1970 g/mol. The van der Waals surface area contributed by atoms with Crippen LogP contribution in [-0.2, 0) is 16.2 Å². The molecule has 0 N–H and O–H groups in total. The number of hydrogen-bond donors (Lipinski definition) is 0. The van der Waals surface area contributed by atoms with Gasteiger partial charge >= 0.3 is 37.7 Å². The first-order chi connectivity index (χ1) is 60.8. The van der Waals surface area contributed by atoms with Gasteiger partial charge in [-0.3, -0.25) is 0 Å². The SMILES string of the molecule is Brc1ccccc1N(c1ccccc1Br)c1ccccc1Br.CC(C)(C)c1cc2c3c(c1)[Si](C)(C)c1cc(C(C)(C)C)cc4c1N3c1c(cc(C(C)(C)C)cc1[Si]4(C)C)[Si]2(C)C.C[Si](C)Cl.C[Si](C)c1ccccc1N(c1ccccc1[Si](C)C)c1ccccc1[Si](C)C.C[Si]1(C)c2cccc3c2N2c4c1cccc4[Si](C)(C)c1cccc(c12)[Si]3(C)C.[CH2-]CCC.[CH2-]CCC.[Li+].[Li+]. The smallest absolute Gasteiger partial charge is 0.343 e. The summed E-state index contributed by atoms with van der Waals surface area (Å²) >= 11 is 16.4. The fraction of sp³-hybridized carbons (Fsp3) is 0.339. The van der Waals surface area contributed by atoms with Gasteiger partial charge in [0.1, 0.15) is 48.4 Å². The first kappa shape index (κ1) is 109. The molecule has 12 aromatic rings. The van der Waals surface area contributed by atoms with E-state index in [0.717, 1.165) is 43.3 Å². The molecule has 0 bridgehead atoms. The molecule has 0 fully saturated rings. The second-order valence-corrected chi connectivity index (χ2v) is 83.4. The van der Waals surface area contributed by atoms with Crippen molar-refractivity contribution in [2.75, 3.05) is 19.6 Å². The van der Waals surface area contributed by atoms with E-state index >= 15 is 0 Å². The third-order valence-corrected chi connectivity index (χ3v) is 54.9. The van der Waals surface area contributed by atoms with Crippen LogP contribution in [0.3, 0.4) is 0 Å². The van der Waals surface area contributed by atoms with Crippen LogP contribution in [0, 0.1) is 13.8 Å². The third kappa shape index (κ3) is 20.9. The van der Waals surface area contributed by atoms with Crippen LogP contribution in [0.1, 0.15) is 119 Å². The summed E-state index contributed by atoms with van der Waals surface area (Å²) in [5.41, 5.74) is 21.7. The molecule has 0 aromatic heterocycles. The predicted octanol–water partition coefficient (Wildman–Crippen LogP) is 20.2. The van der Waals surface area contributed by atoms with Gasteiger partial charge in [-0.1, -0.05) is 402 Å². The monoisotopic (exact) mass is 2110 g/mol. The summed E-state index contributed by atoms with van der Waals surface area (Å²) in [7, 11) is -13.4. The molecule has 12 aromatic carbocycles. The zero-order chi connectivity index (χ0) is 95.6. The van der Waals surface area contributed by atoms with Gasteiger partial charge in [0, 0.05) is 64.6 Å². The number of benzene rings is 12. The number of unbranched alkanes of at least 4 members (excludes halogenated alkanes) is 2. The molecule has 4 nitrogen and oxygen atoms in total. The van der Waals surface area contributed by atoms with E-state index in [-0.39, 0.29) is 54.0 Å². The van der Waals surface area contributed by atoms with Crippen molar-refractivity contribution < 1.29 is 37.7 Å². The maximum absolute atomic E-state index is 5.38. The summed E-state index contributed by atoms with van der Waals surface area (Å²) < 4.78 is 3.13. The van der Waals surface area contributed by atoms with E-state index in [1.165, 1.54) is 62.2 Å². The van der Waals surface area contributed by atoms with Gasteiger partial charge in [-0.05, 0) is 213 Å². The Hall–Kier alpha value is -5.07. The van der Waals surface area contributed by atoms with Crippen LogP contribution < -0.4 is 135 Å². The quantitative estimate of drug-likeness (QED) is 0.0727. The number of rotatable bonds is 11. The summed E-state index contributed by atoms with van der Waals surface area (Å²) in [6.07, 6.45) is 4.56. The first-order valence-electron chi connectivity index (χ1n) is 47.0. The topological polar surface area (TPSA) is 13.0 Å². The minimum Gasteiger partial charge on any atom is -0.343 e. The van der Waals surface area contributed by atoms with Gasteiger partial charge in [0.2, 0.25) is 0 Å². The Bertz CT molecular complexity index is 5420. The molecule has 0 saturated heterocycles. The summed E-state index contributed by atoms with van der Waals surface area (Å²) in [6.45, 7) is 82.7. The van der Waals surface area contributed by atoms with E-state index in [0.29, 0.717) is 0 Å². The number of nitrogens with zero attached hydrogens (tertiary/aromatic N) is 4. The minimum absolute atomic E-state index is 0. The Labute approximate surface area is 865 Å². The minimum atomic E-state index is -1.99. The fourth-order valence-electron chi connectivity index (χ4n) is 19.7. The van der Waals surface area contributed by atoms with Crippen molar-refractivity contribution in [1.29, 1.82) is 0 Å². The average Bonchev–Trinajstić information content (AvgIpc) is 0.666. The van der Waals surface area contributed by atoms with Crippen molar-refractivity contribution >= 4 is 288 Å².